The van der Waals surface area contributed by atoms with Gasteiger partial charge in [-0.25, -0.2) is 0 Å². The summed E-state index contributed by atoms with van der Waals surface area (Å²) >= 11 is 0. The third kappa shape index (κ3) is 4.65. The number of rotatable bonds is 5. The van der Waals surface area contributed by atoms with Crippen LogP contribution in [-0.4, -0.2) is 22.4 Å². The summed E-state index contributed by atoms with van der Waals surface area (Å²) in [4.78, 5) is 11.4. The molecule has 0 aliphatic heterocycles. The van der Waals surface area contributed by atoms with Crippen LogP contribution in [0.4, 0.5) is 0 Å². The Kier molecular flexibility index (Phi) is 5.53. The van der Waals surface area contributed by atoms with Crippen molar-refractivity contribution >= 4 is 5.91 Å². The normalized spacial score (nSPS) is 10.9. The highest BCUT2D eigenvalue weighted by Crippen LogP contribution is 2.28. The Hall–Kier alpha value is -2.17. The van der Waals surface area contributed by atoms with Gasteiger partial charge in [-0.15, -0.1) is 0 Å². The van der Waals surface area contributed by atoms with Crippen molar-refractivity contribution in [3.63, 3.8) is 0 Å². The lowest BCUT2D eigenvalue weighted by atomic mass is 9.93. The monoisotopic (exact) mass is 313 g/mol. The van der Waals surface area contributed by atoms with E-state index < -0.39 is 6.29 Å². The van der Waals surface area contributed by atoms with Gasteiger partial charge in [0.05, 0.1) is 6.42 Å². The van der Waals surface area contributed by atoms with Gasteiger partial charge < -0.3 is 15.5 Å². The minimum absolute atomic E-state index is 0.306. The Morgan fingerprint density at radius 3 is 2.13 bits per heavy atom. The third-order valence-corrected chi connectivity index (χ3v) is 3.78. The van der Waals surface area contributed by atoms with Gasteiger partial charge >= 0.3 is 0 Å². The molecule has 2 rings (SSSR count). The molecule has 4 nitrogen and oxygen atoms in total. The molecule has 1 amide bonds. The molecular weight excluding hydrogens is 290 g/mol. The Morgan fingerprint density at radius 1 is 1.04 bits per heavy atom. The second-order valence-electron chi connectivity index (χ2n) is 5.93. The van der Waals surface area contributed by atoms with Crippen molar-refractivity contribution in [1.82, 2.24) is 5.32 Å². The number of benzene rings is 2. The molecule has 3 N–H and O–H groups in total. The van der Waals surface area contributed by atoms with Crippen LogP contribution in [0.3, 0.4) is 0 Å². The maximum atomic E-state index is 11.4. The van der Waals surface area contributed by atoms with Gasteiger partial charge in [-0.05, 0) is 48.6 Å². The molecule has 0 aromatic heterocycles. The van der Waals surface area contributed by atoms with Crippen molar-refractivity contribution in [2.24, 2.45) is 0 Å². The van der Waals surface area contributed by atoms with E-state index in [0.29, 0.717) is 6.54 Å². The van der Waals surface area contributed by atoms with Crippen LogP contribution in [0.1, 0.15) is 28.7 Å². The highest BCUT2D eigenvalue weighted by atomic mass is 16.5. The van der Waals surface area contributed by atoms with Gasteiger partial charge in [-0.1, -0.05) is 42.0 Å². The zero-order valence-corrected chi connectivity index (χ0v) is 13.8. The van der Waals surface area contributed by atoms with Crippen molar-refractivity contribution in [2.75, 3.05) is 0 Å². The highest BCUT2D eigenvalue weighted by molar-refractivity contribution is 5.76. The predicted octanol–water partition coefficient (Wildman–Crippen LogP) is 2.60. The van der Waals surface area contributed by atoms with Crippen LogP contribution in [0.5, 0.6) is 0 Å². The molecule has 0 saturated heterocycles. The van der Waals surface area contributed by atoms with E-state index >= 15 is 0 Å². The van der Waals surface area contributed by atoms with E-state index in [1.54, 1.807) is 0 Å². The lowest BCUT2D eigenvalue weighted by Gasteiger charge is -2.12. The topological polar surface area (TPSA) is 69.6 Å². The van der Waals surface area contributed by atoms with Crippen LogP contribution in [-0.2, 0) is 11.3 Å². The summed E-state index contributed by atoms with van der Waals surface area (Å²) in [6.45, 7) is 6.70. The van der Waals surface area contributed by atoms with E-state index in [9.17, 15) is 4.79 Å². The number of amides is 1. The molecular formula is C19H23NO3. The first-order valence-corrected chi connectivity index (χ1v) is 7.67. The average Bonchev–Trinajstić information content (AvgIpc) is 2.44. The summed E-state index contributed by atoms with van der Waals surface area (Å²) in [6.07, 6.45) is -1.91. The van der Waals surface area contributed by atoms with E-state index in [2.05, 4.69) is 38.2 Å². The van der Waals surface area contributed by atoms with Gasteiger partial charge in [0.2, 0.25) is 5.91 Å². The lowest BCUT2D eigenvalue weighted by Crippen LogP contribution is -2.26. The molecule has 0 aliphatic carbocycles. The molecule has 0 atom stereocenters. The fourth-order valence-electron chi connectivity index (χ4n) is 2.86. The second kappa shape index (κ2) is 7.40. The number of nitrogens with one attached hydrogen (secondary N) is 1. The first-order chi connectivity index (χ1) is 10.9. The van der Waals surface area contributed by atoms with E-state index in [1.165, 1.54) is 22.3 Å². The van der Waals surface area contributed by atoms with Crippen LogP contribution in [0.25, 0.3) is 11.1 Å². The molecule has 122 valence electrons. The molecule has 0 saturated carbocycles. The van der Waals surface area contributed by atoms with Crippen molar-refractivity contribution in [3.8, 4) is 11.1 Å². The summed E-state index contributed by atoms with van der Waals surface area (Å²) in [7, 11) is 0. The summed E-state index contributed by atoms with van der Waals surface area (Å²) in [5, 5.41) is 20.2. The van der Waals surface area contributed by atoms with Gasteiger partial charge in [0.15, 0.2) is 6.29 Å². The largest absolute Gasteiger partial charge is 0.368 e. The van der Waals surface area contributed by atoms with Gasteiger partial charge in [-0.2, -0.15) is 0 Å². The average molecular weight is 313 g/mol. The van der Waals surface area contributed by atoms with E-state index in [1.807, 2.05) is 24.3 Å². The number of hydrogen-bond donors (Lipinski definition) is 3. The third-order valence-electron chi connectivity index (χ3n) is 3.78. The van der Waals surface area contributed by atoms with Crippen molar-refractivity contribution in [1.29, 1.82) is 0 Å². The summed E-state index contributed by atoms with van der Waals surface area (Å²) in [6, 6.07) is 12.4. The Labute approximate surface area is 136 Å². The molecule has 0 fully saturated rings. The Balaban J connectivity index is 2.10. The molecule has 0 bridgehead atoms. The first-order valence-electron chi connectivity index (χ1n) is 7.67. The maximum Gasteiger partial charge on any atom is 0.225 e. The minimum atomic E-state index is -1.61. The van der Waals surface area contributed by atoms with Gasteiger partial charge in [0, 0.05) is 6.54 Å². The summed E-state index contributed by atoms with van der Waals surface area (Å²) < 4.78 is 0. The first kappa shape index (κ1) is 17.2. The Bertz CT molecular complexity index is 667. The molecule has 4 heteroatoms. The highest BCUT2D eigenvalue weighted by Gasteiger charge is 2.08. The number of aliphatic hydroxyl groups excluding tert-OH is 1. The van der Waals surface area contributed by atoms with Crippen molar-refractivity contribution < 1.29 is 15.0 Å². The number of carbonyl (C=O) groups excluding carboxylic acids is 1. The molecule has 0 radical (unpaired) electrons. The van der Waals surface area contributed by atoms with Crippen LogP contribution in [0.2, 0.25) is 0 Å². The number of hydrogen-bond acceptors (Lipinski definition) is 3. The Morgan fingerprint density at radius 2 is 1.61 bits per heavy atom. The summed E-state index contributed by atoms with van der Waals surface area (Å²) in [5.41, 5.74) is 7.13. The molecule has 2 aromatic rings. The fourth-order valence-corrected chi connectivity index (χ4v) is 2.86. The summed E-state index contributed by atoms with van der Waals surface area (Å²) in [5.74, 6) is -0.380. The van der Waals surface area contributed by atoms with Crippen molar-refractivity contribution in [2.45, 2.75) is 40.0 Å². The van der Waals surface area contributed by atoms with Crippen molar-refractivity contribution in [3.05, 3.63) is 58.7 Å². The maximum absolute atomic E-state index is 11.4. The predicted molar refractivity (Wildman–Crippen MR) is 90.8 cm³/mol. The molecule has 0 aliphatic rings. The minimum Gasteiger partial charge on any atom is -0.368 e. The van der Waals surface area contributed by atoms with Crippen LogP contribution >= 0.6 is 0 Å². The van der Waals surface area contributed by atoms with Gasteiger partial charge in [0.1, 0.15) is 0 Å². The zero-order valence-electron chi connectivity index (χ0n) is 13.8. The van der Waals surface area contributed by atoms with E-state index in [0.717, 1.165) is 11.1 Å². The second-order valence-corrected chi connectivity index (χ2v) is 5.93. The van der Waals surface area contributed by atoms with Crippen LogP contribution < -0.4 is 5.32 Å². The number of aryl methyl sites for hydroxylation is 3. The van der Waals surface area contributed by atoms with E-state index in [4.69, 9.17) is 10.2 Å². The quantitative estimate of drug-likeness (QED) is 0.743. The lowest BCUT2D eigenvalue weighted by molar-refractivity contribution is -0.129. The van der Waals surface area contributed by atoms with Crippen LogP contribution in [0, 0.1) is 20.8 Å². The van der Waals surface area contributed by atoms with Gasteiger partial charge in [0.25, 0.3) is 0 Å². The fraction of sp³-hybridized carbons (Fsp3) is 0.316. The van der Waals surface area contributed by atoms with Gasteiger partial charge in [-0.3, -0.25) is 4.79 Å². The number of carbonyl (C=O) groups is 1. The van der Waals surface area contributed by atoms with Crippen LogP contribution in [0.15, 0.2) is 36.4 Å². The molecule has 0 unspecified atom stereocenters. The molecule has 23 heavy (non-hydrogen) atoms. The zero-order chi connectivity index (χ0) is 17.0. The molecule has 0 spiro atoms. The number of aliphatic hydroxyl groups is 2. The molecule has 2 aromatic carbocycles. The van der Waals surface area contributed by atoms with E-state index in [-0.39, 0.29) is 12.3 Å². The molecule has 0 heterocycles. The smallest absolute Gasteiger partial charge is 0.225 e. The SMILES string of the molecule is Cc1cc(C)c(-c2ccc(CNC(=O)CC(O)O)cc2)c(C)c1. The standard InChI is InChI=1S/C19H23NO3/c1-12-8-13(2)19(14(3)9-12)16-6-4-15(5-7-16)11-20-17(21)10-18(22)23/h4-9,18,22-23H,10-11H2,1-3H3,(H,20,21).